The van der Waals surface area contributed by atoms with E-state index in [2.05, 4.69) is 36.6 Å². The van der Waals surface area contributed by atoms with E-state index in [1.165, 1.54) is 31.4 Å². The Morgan fingerprint density at radius 3 is 2.50 bits per heavy atom. The first kappa shape index (κ1) is 11.6. The van der Waals surface area contributed by atoms with Gasteiger partial charge in [0.15, 0.2) is 0 Å². The Morgan fingerprint density at radius 1 is 1.38 bits per heavy atom. The van der Waals surface area contributed by atoms with Crippen LogP contribution in [0, 0.1) is 0 Å². The van der Waals surface area contributed by atoms with E-state index in [0.29, 0.717) is 12.5 Å². The van der Waals surface area contributed by atoms with Gasteiger partial charge in [-0.15, -0.1) is 0 Å². The SMILES string of the molecule is CC(C)(C)n1nc(CN)cc1C1CCCC1. The summed E-state index contributed by atoms with van der Waals surface area (Å²) in [6, 6.07) is 2.21. The summed E-state index contributed by atoms with van der Waals surface area (Å²) < 4.78 is 2.19. The van der Waals surface area contributed by atoms with Crippen molar-refractivity contribution in [1.82, 2.24) is 9.78 Å². The maximum atomic E-state index is 5.70. The Labute approximate surface area is 98.0 Å². The molecular weight excluding hydrogens is 198 g/mol. The van der Waals surface area contributed by atoms with Crippen LogP contribution in [-0.4, -0.2) is 9.78 Å². The van der Waals surface area contributed by atoms with Crippen LogP contribution in [0.1, 0.15) is 63.8 Å². The van der Waals surface area contributed by atoms with Crippen LogP contribution in [-0.2, 0) is 12.1 Å². The molecule has 0 amide bonds. The van der Waals surface area contributed by atoms with E-state index in [0.717, 1.165) is 5.69 Å². The summed E-state index contributed by atoms with van der Waals surface area (Å²) >= 11 is 0. The molecule has 1 heterocycles. The average Bonchev–Trinajstić information content (AvgIpc) is 2.85. The van der Waals surface area contributed by atoms with Gasteiger partial charge in [0.1, 0.15) is 0 Å². The van der Waals surface area contributed by atoms with Gasteiger partial charge in [-0.1, -0.05) is 12.8 Å². The van der Waals surface area contributed by atoms with E-state index in [9.17, 15) is 0 Å². The zero-order valence-electron chi connectivity index (χ0n) is 10.7. The molecule has 3 heteroatoms. The molecule has 0 bridgehead atoms. The summed E-state index contributed by atoms with van der Waals surface area (Å²) in [5.74, 6) is 0.701. The fraction of sp³-hybridized carbons (Fsp3) is 0.769. The molecule has 0 saturated heterocycles. The van der Waals surface area contributed by atoms with E-state index in [-0.39, 0.29) is 5.54 Å². The van der Waals surface area contributed by atoms with Gasteiger partial charge < -0.3 is 5.73 Å². The van der Waals surface area contributed by atoms with Crippen molar-refractivity contribution in [2.24, 2.45) is 5.73 Å². The van der Waals surface area contributed by atoms with E-state index >= 15 is 0 Å². The van der Waals surface area contributed by atoms with E-state index in [1.54, 1.807) is 0 Å². The number of nitrogens with zero attached hydrogens (tertiary/aromatic N) is 2. The molecule has 0 radical (unpaired) electrons. The molecule has 1 aromatic rings. The molecule has 0 aromatic carbocycles. The second-order valence-corrected chi connectivity index (χ2v) is 5.83. The summed E-state index contributed by atoms with van der Waals surface area (Å²) in [5.41, 5.74) is 8.18. The van der Waals surface area contributed by atoms with Crippen LogP contribution in [0.2, 0.25) is 0 Å². The maximum Gasteiger partial charge on any atom is 0.0763 e. The lowest BCUT2D eigenvalue weighted by Crippen LogP contribution is -2.26. The summed E-state index contributed by atoms with van der Waals surface area (Å²) in [5, 5.41) is 4.64. The van der Waals surface area contributed by atoms with Crippen LogP contribution in [0.25, 0.3) is 0 Å². The second-order valence-electron chi connectivity index (χ2n) is 5.83. The lowest BCUT2D eigenvalue weighted by atomic mass is 10.0. The van der Waals surface area contributed by atoms with Crippen molar-refractivity contribution in [1.29, 1.82) is 0 Å². The highest BCUT2D eigenvalue weighted by Crippen LogP contribution is 2.36. The van der Waals surface area contributed by atoms with Crippen molar-refractivity contribution >= 4 is 0 Å². The fourth-order valence-corrected chi connectivity index (χ4v) is 2.60. The third kappa shape index (κ3) is 2.14. The Morgan fingerprint density at radius 2 is 2.00 bits per heavy atom. The zero-order chi connectivity index (χ0) is 11.8. The van der Waals surface area contributed by atoms with Gasteiger partial charge in [0, 0.05) is 18.2 Å². The smallest absolute Gasteiger partial charge is 0.0763 e. The molecule has 2 N–H and O–H groups in total. The number of hydrogen-bond acceptors (Lipinski definition) is 2. The summed E-state index contributed by atoms with van der Waals surface area (Å²) in [4.78, 5) is 0. The number of rotatable bonds is 2. The van der Waals surface area contributed by atoms with Gasteiger partial charge in [-0.3, -0.25) is 4.68 Å². The molecule has 0 atom stereocenters. The van der Waals surface area contributed by atoms with Crippen LogP contribution < -0.4 is 5.73 Å². The van der Waals surface area contributed by atoms with E-state index in [1.807, 2.05) is 0 Å². The average molecular weight is 221 g/mol. The Kier molecular flexibility index (Phi) is 3.06. The summed E-state index contributed by atoms with van der Waals surface area (Å²) in [6.45, 7) is 7.17. The van der Waals surface area contributed by atoms with Gasteiger partial charge in [0.2, 0.25) is 0 Å². The van der Waals surface area contributed by atoms with Gasteiger partial charge in [0.25, 0.3) is 0 Å². The zero-order valence-corrected chi connectivity index (χ0v) is 10.7. The minimum Gasteiger partial charge on any atom is -0.325 e. The van der Waals surface area contributed by atoms with Crippen molar-refractivity contribution in [2.75, 3.05) is 0 Å². The van der Waals surface area contributed by atoms with Gasteiger partial charge in [-0.25, -0.2) is 0 Å². The lowest BCUT2D eigenvalue weighted by Gasteiger charge is -2.24. The lowest BCUT2D eigenvalue weighted by molar-refractivity contribution is 0.333. The highest BCUT2D eigenvalue weighted by molar-refractivity contribution is 5.17. The molecule has 0 aliphatic heterocycles. The van der Waals surface area contributed by atoms with Crippen molar-refractivity contribution < 1.29 is 0 Å². The second kappa shape index (κ2) is 4.21. The summed E-state index contributed by atoms with van der Waals surface area (Å²) in [6.07, 6.45) is 5.34. The maximum absolute atomic E-state index is 5.70. The molecule has 90 valence electrons. The van der Waals surface area contributed by atoms with Crippen LogP contribution in [0.5, 0.6) is 0 Å². The van der Waals surface area contributed by atoms with Crippen molar-refractivity contribution in [3.05, 3.63) is 17.5 Å². The van der Waals surface area contributed by atoms with Crippen LogP contribution in [0.3, 0.4) is 0 Å². The first-order chi connectivity index (χ1) is 7.52. The molecule has 1 aliphatic carbocycles. The van der Waals surface area contributed by atoms with Crippen molar-refractivity contribution in [2.45, 2.75) is 64.5 Å². The normalized spacial score (nSPS) is 18.2. The quantitative estimate of drug-likeness (QED) is 0.834. The third-order valence-electron chi connectivity index (χ3n) is 3.41. The van der Waals surface area contributed by atoms with Crippen molar-refractivity contribution in [3.63, 3.8) is 0 Å². The minimum atomic E-state index is 0.0609. The van der Waals surface area contributed by atoms with Gasteiger partial charge >= 0.3 is 0 Å². The molecule has 1 aliphatic rings. The van der Waals surface area contributed by atoms with Gasteiger partial charge in [-0.2, -0.15) is 5.10 Å². The molecule has 3 nitrogen and oxygen atoms in total. The monoisotopic (exact) mass is 221 g/mol. The first-order valence-corrected chi connectivity index (χ1v) is 6.32. The number of hydrogen-bond donors (Lipinski definition) is 1. The molecular formula is C13H23N3. The molecule has 0 unspecified atom stereocenters. The standard InChI is InChI=1S/C13H23N3/c1-13(2,3)16-12(8-11(9-14)15-16)10-6-4-5-7-10/h8,10H,4-7,9,14H2,1-3H3. The molecule has 1 fully saturated rings. The highest BCUT2D eigenvalue weighted by atomic mass is 15.3. The van der Waals surface area contributed by atoms with Gasteiger partial charge in [0.05, 0.1) is 11.2 Å². The fourth-order valence-electron chi connectivity index (χ4n) is 2.60. The molecule has 0 spiro atoms. The first-order valence-electron chi connectivity index (χ1n) is 6.32. The van der Waals surface area contributed by atoms with Gasteiger partial charge in [-0.05, 0) is 39.7 Å². The van der Waals surface area contributed by atoms with E-state index < -0.39 is 0 Å². The topological polar surface area (TPSA) is 43.8 Å². The Balaban J connectivity index is 2.37. The summed E-state index contributed by atoms with van der Waals surface area (Å²) in [7, 11) is 0. The largest absolute Gasteiger partial charge is 0.325 e. The van der Waals surface area contributed by atoms with Crippen LogP contribution in [0.15, 0.2) is 6.07 Å². The van der Waals surface area contributed by atoms with E-state index in [4.69, 9.17) is 5.73 Å². The molecule has 1 aromatic heterocycles. The number of nitrogens with two attached hydrogens (primary N) is 1. The molecule has 16 heavy (non-hydrogen) atoms. The van der Waals surface area contributed by atoms with Crippen LogP contribution >= 0.6 is 0 Å². The van der Waals surface area contributed by atoms with Crippen molar-refractivity contribution in [3.8, 4) is 0 Å². The third-order valence-corrected chi connectivity index (χ3v) is 3.41. The van der Waals surface area contributed by atoms with Crippen LogP contribution in [0.4, 0.5) is 0 Å². The highest BCUT2D eigenvalue weighted by Gasteiger charge is 2.26. The Bertz CT molecular complexity index is 354. The number of aromatic nitrogens is 2. The predicted molar refractivity (Wildman–Crippen MR) is 66.3 cm³/mol. The molecule has 2 rings (SSSR count). The predicted octanol–water partition coefficient (Wildman–Crippen LogP) is 2.75. The molecule has 1 saturated carbocycles. The minimum absolute atomic E-state index is 0.0609. The Hall–Kier alpha value is -0.830.